The summed E-state index contributed by atoms with van der Waals surface area (Å²) in [6.07, 6.45) is 0. The first-order chi connectivity index (χ1) is 12.5. The standard InChI is InChI=1S/C19H19BrClN3O2/c20-15-4-1-3-14(11-15)19(26)22-13-18(25)24-9-7-23(8-10-24)17-6-2-5-16(21)12-17/h1-6,11-12H,7-10,13H2,(H,22,26). The third kappa shape index (κ3) is 4.77. The van der Waals surface area contributed by atoms with Crippen molar-refractivity contribution in [3.05, 3.63) is 63.6 Å². The van der Waals surface area contributed by atoms with Gasteiger partial charge in [-0.1, -0.05) is 39.7 Å². The van der Waals surface area contributed by atoms with Crippen LogP contribution < -0.4 is 10.2 Å². The molecule has 0 atom stereocenters. The van der Waals surface area contributed by atoms with Crippen molar-refractivity contribution >= 4 is 45.0 Å². The van der Waals surface area contributed by atoms with Crippen molar-refractivity contribution in [1.29, 1.82) is 0 Å². The van der Waals surface area contributed by atoms with Crippen LogP contribution in [-0.2, 0) is 4.79 Å². The van der Waals surface area contributed by atoms with Crippen LogP contribution in [0.25, 0.3) is 0 Å². The van der Waals surface area contributed by atoms with Gasteiger partial charge in [-0.15, -0.1) is 0 Å². The van der Waals surface area contributed by atoms with Crippen LogP contribution in [0.2, 0.25) is 5.02 Å². The Morgan fingerprint density at radius 3 is 2.46 bits per heavy atom. The van der Waals surface area contributed by atoms with Crippen LogP contribution in [0.5, 0.6) is 0 Å². The molecule has 2 aromatic rings. The highest BCUT2D eigenvalue weighted by Crippen LogP contribution is 2.20. The molecule has 1 fully saturated rings. The minimum atomic E-state index is -0.253. The summed E-state index contributed by atoms with van der Waals surface area (Å²) in [5.41, 5.74) is 1.59. The number of halogens is 2. The molecule has 0 aromatic heterocycles. The molecule has 1 saturated heterocycles. The summed E-state index contributed by atoms with van der Waals surface area (Å²) >= 11 is 9.37. The zero-order valence-corrected chi connectivity index (χ0v) is 16.5. The molecule has 2 aromatic carbocycles. The average Bonchev–Trinajstić information content (AvgIpc) is 2.66. The SMILES string of the molecule is O=C(NCC(=O)N1CCN(c2cccc(Cl)c2)CC1)c1cccc(Br)c1. The Morgan fingerprint density at radius 2 is 1.77 bits per heavy atom. The molecule has 1 aliphatic rings. The predicted octanol–water partition coefficient (Wildman–Crippen LogP) is 3.18. The van der Waals surface area contributed by atoms with E-state index in [4.69, 9.17) is 11.6 Å². The first-order valence-electron chi connectivity index (χ1n) is 8.35. The summed E-state index contributed by atoms with van der Waals surface area (Å²) < 4.78 is 0.827. The van der Waals surface area contributed by atoms with Crippen molar-refractivity contribution in [3.8, 4) is 0 Å². The average molecular weight is 437 g/mol. The largest absolute Gasteiger partial charge is 0.368 e. The van der Waals surface area contributed by atoms with Crippen molar-refractivity contribution in [2.75, 3.05) is 37.6 Å². The number of carbonyl (C=O) groups excluding carboxylic acids is 2. The number of nitrogens with zero attached hydrogens (tertiary/aromatic N) is 2. The summed E-state index contributed by atoms with van der Waals surface area (Å²) in [5, 5.41) is 3.40. The maximum Gasteiger partial charge on any atom is 0.251 e. The minimum Gasteiger partial charge on any atom is -0.368 e. The molecule has 3 rings (SSSR count). The number of benzene rings is 2. The van der Waals surface area contributed by atoms with E-state index in [9.17, 15) is 9.59 Å². The molecule has 26 heavy (non-hydrogen) atoms. The molecule has 136 valence electrons. The fourth-order valence-corrected chi connectivity index (χ4v) is 3.47. The van der Waals surface area contributed by atoms with Gasteiger partial charge >= 0.3 is 0 Å². The van der Waals surface area contributed by atoms with E-state index < -0.39 is 0 Å². The Hall–Kier alpha value is -2.05. The third-order valence-electron chi connectivity index (χ3n) is 4.29. The van der Waals surface area contributed by atoms with Gasteiger partial charge in [0.25, 0.3) is 5.91 Å². The number of piperazine rings is 1. The van der Waals surface area contributed by atoms with Crippen LogP contribution in [0.4, 0.5) is 5.69 Å². The number of nitrogens with one attached hydrogen (secondary N) is 1. The van der Waals surface area contributed by atoms with Gasteiger partial charge in [-0.25, -0.2) is 0 Å². The molecular weight excluding hydrogens is 418 g/mol. The fourth-order valence-electron chi connectivity index (χ4n) is 2.89. The zero-order chi connectivity index (χ0) is 18.5. The molecule has 0 spiro atoms. The smallest absolute Gasteiger partial charge is 0.251 e. The summed E-state index contributed by atoms with van der Waals surface area (Å²) in [5.74, 6) is -0.323. The van der Waals surface area contributed by atoms with E-state index in [0.717, 1.165) is 23.2 Å². The first-order valence-corrected chi connectivity index (χ1v) is 9.52. The Morgan fingerprint density at radius 1 is 1.04 bits per heavy atom. The number of hydrogen-bond acceptors (Lipinski definition) is 3. The van der Waals surface area contributed by atoms with Crippen LogP contribution in [-0.4, -0.2) is 49.4 Å². The van der Waals surface area contributed by atoms with Crippen LogP contribution in [0.15, 0.2) is 53.0 Å². The molecule has 0 aliphatic carbocycles. The van der Waals surface area contributed by atoms with Crippen molar-refractivity contribution in [2.24, 2.45) is 0 Å². The number of hydrogen-bond donors (Lipinski definition) is 1. The molecule has 5 nitrogen and oxygen atoms in total. The Bertz CT molecular complexity index is 807. The quantitative estimate of drug-likeness (QED) is 0.801. The zero-order valence-electron chi connectivity index (χ0n) is 14.1. The van der Waals surface area contributed by atoms with Crippen LogP contribution >= 0.6 is 27.5 Å². The fraction of sp³-hybridized carbons (Fsp3) is 0.263. The van der Waals surface area contributed by atoms with E-state index in [2.05, 4.69) is 26.1 Å². The van der Waals surface area contributed by atoms with Crippen LogP contribution in [0.3, 0.4) is 0 Å². The lowest BCUT2D eigenvalue weighted by Gasteiger charge is -2.36. The lowest BCUT2D eigenvalue weighted by molar-refractivity contribution is -0.130. The number of anilines is 1. The van der Waals surface area contributed by atoms with Gasteiger partial charge in [0.1, 0.15) is 0 Å². The highest BCUT2D eigenvalue weighted by Gasteiger charge is 2.21. The normalized spacial score (nSPS) is 14.2. The molecule has 0 saturated carbocycles. The molecular formula is C19H19BrClN3O2. The number of amides is 2. The van der Waals surface area contributed by atoms with Crippen LogP contribution in [0.1, 0.15) is 10.4 Å². The predicted molar refractivity (Wildman–Crippen MR) is 107 cm³/mol. The summed E-state index contributed by atoms with van der Waals surface area (Å²) in [7, 11) is 0. The summed E-state index contributed by atoms with van der Waals surface area (Å²) in [4.78, 5) is 28.5. The highest BCUT2D eigenvalue weighted by molar-refractivity contribution is 9.10. The van der Waals surface area contributed by atoms with E-state index >= 15 is 0 Å². The maximum atomic E-state index is 12.4. The van der Waals surface area contributed by atoms with Gasteiger partial charge < -0.3 is 15.1 Å². The van der Waals surface area contributed by atoms with Crippen molar-refractivity contribution in [2.45, 2.75) is 0 Å². The monoisotopic (exact) mass is 435 g/mol. The molecule has 1 N–H and O–H groups in total. The van der Waals surface area contributed by atoms with Gasteiger partial charge in [0, 0.05) is 46.9 Å². The van der Waals surface area contributed by atoms with Gasteiger partial charge in [0.15, 0.2) is 0 Å². The van der Waals surface area contributed by atoms with Crippen molar-refractivity contribution in [3.63, 3.8) is 0 Å². The van der Waals surface area contributed by atoms with Gasteiger partial charge in [-0.05, 0) is 36.4 Å². The lowest BCUT2D eigenvalue weighted by atomic mass is 10.2. The molecule has 0 bridgehead atoms. The molecule has 0 radical (unpaired) electrons. The van der Waals surface area contributed by atoms with E-state index in [0.29, 0.717) is 23.7 Å². The topological polar surface area (TPSA) is 52.7 Å². The van der Waals surface area contributed by atoms with E-state index in [1.807, 2.05) is 30.3 Å². The van der Waals surface area contributed by atoms with E-state index in [1.165, 1.54) is 0 Å². The Balaban J connectivity index is 1.48. The van der Waals surface area contributed by atoms with E-state index in [1.54, 1.807) is 23.1 Å². The Labute approximate surface area is 166 Å². The lowest BCUT2D eigenvalue weighted by Crippen LogP contribution is -2.51. The van der Waals surface area contributed by atoms with Crippen LogP contribution in [0, 0.1) is 0 Å². The molecule has 0 unspecified atom stereocenters. The van der Waals surface area contributed by atoms with Gasteiger partial charge in [-0.3, -0.25) is 9.59 Å². The second-order valence-corrected chi connectivity index (χ2v) is 7.39. The molecule has 1 aliphatic heterocycles. The minimum absolute atomic E-state index is 0.00249. The van der Waals surface area contributed by atoms with Gasteiger partial charge in [0.2, 0.25) is 5.91 Å². The molecule has 7 heteroatoms. The number of carbonyl (C=O) groups is 2. The highest BCUT2D eigenvalue weighted by atomic mass is 79.9. The molecule has 2 amide bonds. The number of rotatable bonds is 4. The molecule has 1 heterocycles. The van der Waals surface area contributed by atoms with E-state index in [-0.39, 0.29) is 18.4 Å². The van der Waals surface area contributed by atoms with Crippen molar-refractivity contribution in [1.82, 2.24) is 10.2 Å². The van der Waals surface area contributed by atoms with Gasteiger partial charge in [0.05, 0.1) is 6.54 Å². The van der Waals surface area contributed by atoms with Gasteiger partial charge in [-0.2, -0.15) is 0 Å². The Kier molecular flexibility index (Phi) is 6.16. The second kappa shape index (κ2) is 8.56. The second-order valence-electron chi connectivity index (χ2n) is 6.04. The first kappa shape index (κ1) is 18.7. The maximum absolute atomic E-state index is 12.4. The van der Waals surface area contributed by atoms with Crippen molar-refractivity contribution < 1.29 is 9.59 Å². The summed E-state index contributed by atoms with van der Waals surface area (Å²) in [6.45, 7) is 2.73. The third-order valence-corrected chi connectivity index (χ3v) is 5.02. The summed E-state index contributed by atoms with van der Waals surface area (Å²) in [6, 6.07) is 14.8.